The number of aliphatic carboxylic acids is 1. The minimum absolute atomic E-state index is 0.344. The number of carbonyl (C=O) groups is 1. The van der Waals surface area contributed by atoms with Gasteiger partial charge in [0.15, 0.2) is 0 Å². The molecule has 0 bridgehead atoms. The molecule has 1 fully saturated rings. The van der Waals surface area contributed by atoms with Crippen LogP contribution in [0.3, 0.4) is 0 Å². The van der Waals surface area contributed by atoms with Crippen molar-refractivity contribution in [3.63, 3.8) is 0 Å². The van der Waals surface area contributed by atoms with Crippen molar-refractivity contribution in [2.24, 2.45) is 0 Å². The third-order valence-corrected chi connectivity index (χ3v) is 4.96. The summed E-state index contributed by atoms with van der Waals surface area (Å²) in [6.07, 6.45) is 13.7. The summed E-state index contributed by atoms with van der Waals surface area (Å²) in [4.78, 5) is 13.8. The lowest BCUT2D eigenvalue weighted by Gasteiger charge is -2.39. The van der Waals surface area contributed by atoms with Crippen molar-refractivity contribution >= 4 is 5.97 Å². The molecule has 1 aliphatic heterocycles. The van der Waals surface area contributed by atoms with Crippen molar-refractivity contribution in [1.29, 1.82) is 0 Å². The maximum Gasteiger partial charge on any atom is 0.323 e. The average Bonchev–Trinajstić information content (AvgIpc) is 2.56. The summed E-state index contributed by atoms with van der Waals surface area (Å²) in [6.45, 7) is 6.25. The van der Waals surface area contributed by atoms with Crippen molar-refractivity contribution in [2.45, 2.75) is 96.6 Å². The van der Waals surface area contributed by atoms with Crippen LogP contribution in [0.5, 0.6) is 0 Å². The highest BCUT2D eigenvalue weighted by molar-refractivity contribution is 5.73. The van der Waals surface area contributed by atoms with Crippen LogP contribution >= 0.6 is 0 Å². The van der Waals surface area contributed by atoms with E-state index in [0.717, 1.165) is 19.4 Å². The maximum absolute atomic E-state index is 11.5. The van der Waals surface area contributed by atoms with Crippen molar-refractivity contribution in [3.8, 4) is 0 Å². The summed E-state index contributed by atoms with van der Waals surface area (Å²) in [6, 6.07) is -0.0333. The van der Waals surface area contributed by atoms with Crippen LogP contribution in [-0.2, 0) is 9.53 Å². The average molecular weight is 328 g/mol. The molecule has 4 nitrogen and oxygen atoms in total. The Morgan fingerprint density at radius 2 is 1.61 bits per heavy atom. The van der Waals surface area contributed by atoms with E-state index in [-0.39, 0.29) is 0 Å². The fourth-order valence-corrected chi connectivity index (χ4v) is 3.53. The van der Waals surface area contributed by atoms with Gasteiger partial charge in [-0.05, 0) is 12.8 Å². The van der Waals surface area contributed by atoms with Gasteiger partial charge in [-0.1, -0.05) is 71.6 Å². The first kappa shape index (κ1) is 20.4. The first-order valence-corrected chi connectivity index (χ1v) is 9.77. The van der Waals surface area contributed by atoms with Crippen LogP contribution in [0.4, 0.5) is 0 Å². The number of hydrogen-bond acceptors (Lipinski definition) is 3. The zero-order valence-corrected chi connectivity index (χ0v) is 15.3. The largest absolute Gasteiger partial charge is 0.480 e. The molecule has 0 radical (unpaired) electrons. The van der Waals surface area contributed by atoms with E-state index in [1.54, 1.807) is 0 Å². The molecule has 0 saturated carbocycles. The van der Waals surface area contributed by atoms with Gasteiger partial charge in [0.05, 0.1) is 13.2 Å². The number of morpholine rings is 1. The van der Waals surface area contributed by atoms with Crippen LogP contribution < -0.4 is 0 Å². The SMILES string of the molecule is CCCCCCCC(CCCCCC)N1CCOC[C@H]1C(=O)O. The first-order chi connectivity index (χ1) is 11.2. The lowest BCUT2D eigenvalue weighted by Crippen LogP contribution is -2.54. The summed E-state index contributed by atoms with van der Waals surface area (Å²) >= 11 is 0. The first-order valence-electron chi connectivity index (χ1n) is 9.77. The summed E-state index contributed by atoms with van der Waals surface area (Å²) < 4.78 is 5.40. The van der Waals surface area contributed by atoms with E-state index in [0.29, 0.717) is 19.3 Å². The van der Waals surface area contributed by atoms with Gasteiger partial charge in [-0.2, -0.15) is 0 Å². The summed E-state index contributed by atoms with van der Waals surface area (Å²) in [5.41, 5.74) is 0. The molecule has 1 heterocycles. The summed E-state index contributed by atoms with van der Waals surface area (Å²) in [5.74, 6) is -0.728. The van der Waals surface area contributed by atoms with Gasteiger partial charge in [0, 0.05) is 12.6 Å². The second kappa shape index (κ2) is 12.8. The number of ether oxygens (including phenoxy) is 1. The molecule has 4 heteroatoms. The topological polar surface area (TPSA) is 49.8 Å². The molecule has 1 unspecified atom stereocenters. The Morgan fingerprint density at radius 3 is 2.17 bits per heavy atom. The molecule has 0 aromatic rings. The highest BCUT2D eigenvalue weighted by Gasteiger charge is 2.33. The van der Waals surface area contributed by atoms with Gasteiger partial charge in [-0.15, -0.1) is 0 Å². The smallest absolute Gasteiger partial charge is 0.323 e. The molecule has 0 aliphatic carbocycles. The summed E-state index contributed by atoms with van der Waals surface area (Å²) in [7, 11) is 0. The Balaban J connectivity index is 2.51. The van der Waals surface area contributed by atoms with Crippen LogP contribution in [-0.4, -0.2) is 47.8 Å². The zero-order chi connectivity index (χ0) is 16.9. The number of carboxylic acid groups (broad SMARTS) is 1. The second-order valence-corrected chi connectivity index (χ2v) is 6.87. The van der Waals surface area contributed by atoms with E-state index in [9.17, 15) is 9.90 Å². The number of hydrogen-bond donors (Lipinski definition) is 1. The third-order valence-electron chi connectivity index (χ3n) is 4.96. The second-order valence-electron chi connectivity index (χ2n) is 6.87. The quantitative estimate of drug-likeness (QED) is 0.507. The van der Waals surface area contributed by atoms with Gasteiger partial charge >= 0.3 is 5.97 Å². The Labute approximate surface area is 142 Å². The van der Waals surface area contributed by atoms with E-state index in [1.165, 1.54) is 57.8 Å². The normalized spacial score (nSPS) is 20.5. The minimum Gasteiger partial charge on any atom is -0.480 e. The van der Waals surface area contributed by atoms with Gasteiger partial charge in [-0.3, -0.25) is 9.69 Å². The van der Waals surface area contributed by atoms with Crippen LogP contribution in [0.15, 0.2) is 0 Å². The Bertz CT molecular complexity index is 309. The molecule has 1 rings (SSSR count). The lowest BCUT2D eigenvalue weighted by molar-refractivity contribution is -0.152. The summed E-state index contributed by atoms with van der Waals surface area (Å²) in [5, 5.41) is 9.49. The molecule has 0 amide bonds. The predicted octanol–water partition coefficient (Wildman–Crippen LogP) is 4.47. The van der Waals surface area contributed by atoms with E-state index in [1.807, 2.05) is 0 Å². The molecule has 136 valence electrons. The van der Waals surface area contributed by atoms with Crippen LogP contribution in [0.2, 0.25) is 0 Å². The molecule has 1 saturated heterocycles. The number of unbranched alkanes of at least 4 members (excludes halogenated alkanes) is 7. The van der Waals surface area contributed by atoms with E-state index < -0.39 is 12.0 Å². The van der Waals surface area contributed by atoms with Gasteiger partial charge in [0.1, 0.15) is 6.04 Å². The van der Waals surface area contributed by atoms with E-state index >= 15 is 0 Å². The van der Waals surface area contributed by atoms with Gasteiger partial charge in [-0.25, -0.2) is 0 Å². The van der Waals surface area contributed by atoms with Crippen LogP contribution in [0.1, 0.15) is 84.5 Å². The standard InChI is InChI=1S/C19H37NO3/c1-3-5-7-9-11-13-17(12-10-8-6-4-2)20-14-15-23-16-18(20)19(21)22/h17-18H,3-16H2,1-2H3,(H,21,22)/t17?,18-/m0/s1. The number of nitrogens with zero attached hydrogens (tertiary/aromatic N) is 1. The number of carboxylic acids is 1. The molecule has 1 aliphatic rings. The Hall–Kier alpha value is -0.610. The molecule has 0 spiro atoms. The Morgan fingerprint density at radius 1 is 1.04 bits per heavy atom. The fraction of sp³-hybridized carbons (Fsp3) is 0.947. The fourth-order valence-electron chi connectivity index (χ4n) is 3.53. The van der Waals surface area contributed by atoms with E-state index in [2.05, 4.69) is 18.7 Å². The van der Waals surface area contributed by atoms with Crippen molar-refractivity contribution in [3.05, 3.63) is 0 Å². The lowest BCUT2D eigenvalue weighted by atomic mass is 9.97. The highest BCUT2D eigenvalue weighted by atomic mass is 16.5. The maximum atomic E-state index is 11.5. The van der Waals surface area contributed by atoms with Crippen molar-refractivity contribution in [2.75, 3.05) is 19.8 Å². The van der Waals surface area contributed by atoms with Crippen LogP contribution in [0, 0.1) is 0 Å². The highest BCUT2D eigenvalue weighted by Crippen LogP contribution is 2.22. The van der Waals surface area contributed by atoms with Gasteiger partial charge in [0.2, 0.25) is 0 Å². The molecule has 23 heavy (non-hydrogen) atoms. The van der Waals surface area contributed by atoms with Crippen molar-refractivity contribution in [1.82, 2.24) is 4.90 Å². The predicted molar refractivity (Wildman–Crippen MR) is 94.9 cm³/mol. The van der Waals surface area contributed by atoms with Gasteiger partial charge < -0.3 is 9.84 Å². The molecular weight excluding hydrogens is 290 g/mol. The molecular formula is C19H37NO3. The van der Waals surface area contributed by atoms with Crippen LogP contribution in [0.25, 0.3) is 0 Å². The third kappa shape index (κ3) is 8.16. The van der Waals surface area contributed by atoms with Gasteiger partial charge in [0.25, 0.3) is 0 Å². The zero-order valence-electron chi connectivity index (χ0n) is 15.3. The molecule has 0 aromatic carbocycles. The monoisotopic (exact) mass is 327 g/mol. The molecule has 1 N–H and O–H groups in total. The van der Waals surface area contributed by atoms with E-state index in [4.69, 9.17) is 4.74 Å². The number of rotatable bonds is 13. The van der Waals surface area contributed by atoms with Crippen molar-refractivity contribution < 1.29 is 14.6 Å². The minimum atomic E-state index is -0.728. The Kier molecular flexibility index (Phi) is 11.3. The molecule has 0 aromatic heterocycles. The molecule has 2 atom stereocenters.